The van der Waals surface area contributed by atoms with E-state index in [0.29, 0.717) is 6.42 Å². The second-order valence-corrected chi connectivity index (χ2v) is 6.67. The summed E-state index contributed by atoms with van der Waals surface area (Å²) in [7, 11) is 0. The third kappa shape index (κ3) is 8.19. The fraction of sp³-hybridized carbons (Fsp3) is 0.435. The molecule has 0 saturated heterocycles. The molecular weight excluding hydrogens is 322 g/mol. The number of hydrogen-bond donors (Lipinski definition) is 1. The molecule has 3 nitrogen and oxygen atoms in total. The Morgan fingerprint density at radius 1 is 0.885 bits per heavy atom. The van der Waals surface area contributed by atoms with Crippen LogP contribution in [0.2, 0.25) is 0 Å². The summed E-state index contributed by atoms with van der Waals surface area (Å²) in [5.41, 5.74) is 2.10. The lowest BCUT2D eigenvalue weighted by Crippen LogP contribution is -2.11. The first-order chi connectivity index (χ1) is 12.8. The van der Waals surface area contributed by atoms with Crippen LogP contribution < -0.4 is 10.1 Å². The summed E-state index contributed by atoms with van der Waals surface area (Å²) >= 11 is 0. The molecule has 2 aromatic carbocycles. The molecule has 0 saturated carbocycles. The maximum Gasteiger partial charge on any atom is 0.224 e. The number of unbranched alkanes of at least 4 members (excludes halogenated alkanes) is 4. The first-order valence-corrected chi connectivity index (χ1v) is 9.84. The van der Waals surface area contributed by atoms with E-state index in [1.54, 1.807) is 0 Å². The van der Waals surface area contributed by atoms with Crippen molar-refractivity contribution in [2.24, 2.45) is 0 Å². The summed E-state index contributed by atoms with van der Waals surface area (Å²) in [6.07, 6.45) is 8.50. The number of aryl methyl sites for hydroxylation is 1. The van der Waals surface area contributed by atoms with E-state index >= 15 is 0 Å². The summed E-state index contributed by atoms with van der Waals surface area (Å²) in [5, 5.41) is 2.95. The number of hydrogen-bond acceptors (Lipinski definition) is 2. The van der Waals surface area contributed by atoms with Crippen LogP contribution in [0.25, 0.3) is 0 Å². The van der Waals surface area contributed by atoms with Crippen LogP contribution in [0.5, 0.6) is 5.75 Å². The first-order valence-electron chi connectivity index (χ1n) is 9.84. The number of ether oxygens (including phenoxy) is 1. The summed E-state index contributed by atoms with van der Waals surface area (Å²) in [6, 6.07) is 17.9. The molecule has 2 aromatic rings. The molecular formula is C23H31NO2. The molecule has 1 amide bonds. The van der Waals surface area contributed by atoms with Gasteiger partial charge in [0.15, 0.2) is 0 Å². The third-order valence-electron chi connectivity index (χ3n) is 4.37. The van der Waals surface area contributed by atoms with Crippen molar-refractivity contribution in [1.29, 1.82) is 0 Å². The molecule has 0 bridgehead atoms. The maximum absolute atomic E-state index is 12.0. The van der Waals surface area contributed by atoms with Gasteiger partial charge in [-0.2, -0.15) is 0 Å². The van der Waals surface area contributed by atoms with Gasteiger partial charge in [0.2, 0.25) is 5.91 Å². The van der Waals surface area contributed by atoms with Crippen molar-refractivity contribution in [2.75, 3.05) is 11.9 Å². The van der Waals surface area contributed by atoms with Crippen molar-refractivity contribution in [1.82, 2.24) is 0 Å². The zero-order valence-corrected chi connectivity index (χ0v) is 15.9. The van der Waals surface area contributed by atoms with Gasteiger partial charge in [-0.15, -0.1) is 0 Å². The van der Waals surface area contributed by atoms with Crippen LogP contribution in [0, 0.1) is 0 Å². The van der Waals surface area contributed by atoms with Gasteiger partial charge in [0.25, 0.3) is 0 Å². The molecule has 26 heavy (non-hydrogen) atoms. The smallest absolute Gasteiger partial charge is 0.224 e. The molecule has 0 radical (unpaired) electrons. The van der Waals surface area contributed by atoms with E-state index in [0.717, 1.165) is 37.3 Å². The van der Waals surface area contributed by atoms with Gasteiger partial charge in [-0.1, -0.05) is 62.9 Å². The number of rotatable bonds is 12. The lowest BCUT2D eigenvalue weighted by Gasteiger charge is -2.08. The molecule has 0 aliphatic carbocycles. The van der Waals surface area contributed by atoms with Crippen molar-refractivity contribution < 1.29 is 9.53 Å². The SMILES string of the molecule is CCCCCCCOc1ccc(NC(=O)CCCc2ccccc2)cc1. The Labute approximate surface area is 157 Å². The van der Waals surface area contributed by atoms with Gasteiger partial charge in [0, 0.05) is 12.1 Å². The maximum atomic E-state index is 12.0. The fourth-order valence-corrected chi connectivity index (χ4v) is 2.85. The van der Waals surface area contributed by atoms with Gasteiger partial charge in [0.1, 0.15) is 5.75 Å². The second-order valence-electron chi connectivity index (χ2n) is 6.67. The highest BCUT2D eigenvalue weighted by Crippen LogP contribution is 2.17. The molecule has 3 heteroatoms. The lowest BCUT2D eigenvalue weighted by atomic mass is 10.1. The molecule has 0 heterocycles. The Morgan fingerprint density at radius 2 is 1.62 bits per heavy atom. The van der Waals surface area contributed by atoms with Crippen LogP contribution in [0.4, 0.5) is 5.69 Å². The predicted molar refractivity (Wildman–Crippen MR) is 109 cm³/mol. The monoisotopic (exact) mass is 353 g/mol. The number of anilines is 1. The Bertz CT molecular complexity index is 622. The Hall–Kier alpha value is -2.29. The summed E-state index contributed by atoms with van der Waals surface area (Å²) in [5.74, 6) is 0.924. The largest absolute Gasteiger partial charge is 0.494 e. The Balaban J connectivity index is 1.62. The van der Waals surface area contributed by atoms with Crippen LogP contribution in [0.1, 0.15) is 57.4 Å². The predicted octanol–water partition coefficient (Wildman–Crippen LogP) is 6.00. The molecule has 140 valence electrons. The van der Waals surface area contributed by atoms with E-state index in [1.807, 2.05) is 42.5 Å². The quantitative estimate of drug-likeness (QED) is 0.475. The van der Waals surface area contributed by atoms with Crippen molar-refractivity contribution in [2.45, 2.75) is 58.3 Å². The zero-order valence-electron chi connectivity index (χ0n) is 15.9. The summed E-state index contributed by atoms with van der Waals surface area (Å²) in [4.78, 5) is 12.0. The molecule has 0 aliphatic rings. The standard InChI is InChI=1S/C23H31NO2/c1-2-3-4-5-9-19-26-22-17-15-21(16-18-22)24-23(25)14-10-13-20-11-7-6-8-12-20/h6-8,11-12,15-18H,2-5,9-10,13-14,19H2,1H3,(H,24,25). The molecule has 1 N–H and O–H groups in total. The fourth-order valence-electron chi connectivity index (χ4n) is 2.85. The summed E-state index contributed by atoms with van der Waals surface area (Å²) in [6.45, 7) is 2.98. The minimum atomic E-state index is 0.0607. The van der Waals surface area contributed by atoms with Gasteiger partial charge < -0.3 is 10.1 Å². The lowest BCUT2D eigenvalue weighted by molar-refractivity contribution is -0.116. The topological polar surface area (TPSA) is 38.3 Å². The first kappa shape index (κ1) is 20.0. The average Bonchev–Trinajstić information content (AvgIpc) is 2.67. The van der Waals surface area contributed by atoms with E-state index in [2.05, 4.69) is 24.4 Å². The molecule has 0 unspecified atom stereocenters. The third-order valence-corrected chi connectivity index (χ3v) is 4.37. The zero-order chi connectivity index (χ0) is 18.5. The van der Waals surface area contributed by atoms with E-state index in [1.165, 1.54) is 31.2 Å². The molecule has 0 fully saturated rings. The van der Waals surface area contributed by atoms with E-state index in [4.69, 9.17) is 4.74 Å². The Kier molecular flexibility index (Phi) is 9.34. The highest BCUT2D eigenvalue weighted by molar-refractivity contribution is 5.90. The second kappa shape index (κ2) is 12.1. The highest BCUT2D eigenvalue weighted by Gasteiger charge is 2.03. The average molecular weight is 354 g/mol. The number of nitrogens with one attached hydrogen (secondary N) is 1. The van der Waals surface area contributed by atoms with Crippen LogP contribution in [0.3, 0.4) is 0 Å². The van der Waals surface area contributed by atoms with Gasteiger partial charge in [-0.05, 0) is 49.1 Å². The van der Waals surface area contributed by atoms with Crippen molar-refractivity contribution in [3.63, 3.8) is 0 Å². The van der Waals surface area contributed by atoms with Gasteiger partial charge in [-0.3, -0.25) is 4.79 Å². The molecule has 0 spiro atoms. The van der Waals surface area contributed by atoms with Crippen molar-refractivity contribution in [3.05, 3.63) is 60.2 Å². The van der Waals surface area contributed by atoms with E-state index < -0.39 is 0 Å². The van der Waals surface area contributed by atoms with Crippen LogP contribution >= 0.6 is 0 Å². The molecule has 0 aliphatic heterocycles. The summed E-state index contributed by atoms with van der Waals surface area (Å²) < 4.78 is 5.75. The van der Waals surface area contributed by atoms with E-state index in [-0.39, 0.29) is 5.91 Å². The van der Waals surface area contributed by atoms with Gasteiger partial charge >= 0.3 is 0 Å². The molecule has 0 aromatic heterocycles. The molecule has 2 rings (SSSR count). The number of carbonyl (C=O) groups excluding carboxylic acids is 1. The van der Waals surface area contributed by atoms with Gasteiger partial charge in [-0.25, -0.2) is 0 Å². The van der Waals surface area contributed by atoms with Crippen molar-refractivity contribution in [3.8, 4) is 5.75 Å². The van der Waals surface area contributed by atoms with Gasteiger partial charge in [0.05, 0.1) is 6.61 Å². The normalized spacial score (nSPS) is 10.5. The van der Waals surface area contributed by atoms with Crippen LogP contribution in [-0.4, -0.2) is 12.5 Å². The number of amides is 1. The number of carbonyl (C=O) groups is 1. The van der Waals surface area contributed by atoms with Crippen LogP contribution in [-0.2, 0) is 11.2 Å². The van der Waals surface area contributed by atoms with E-state index in [9.17, 15) is 4.79 Å². The van der Waals surface area contributed by atoms with Crippen molar-refractivity contribution >= 4 is 11.6 Å². The Morgan fingerprint density at radius 3 is 2.35 bits per heavy atom. The number of benzene rings is 2. The minimum absolute atomic E-state index is 0.0607. The van der Waals surface area contributed by atoms with Crippen LogP contribution in [0.15, 0.2) is 54.6 Å². The minimum Gasteiger partial charge on any atom is -0.494 e. The highest BCUT2D eigenvalue weighted by atomic mass is 16.5. The molecule has 0 atom stereocenters.